The minimum absolute atomic E-state index is 0.0829. The third kappa shape index (κ3) is 5.64. The zero-order chi connectivity index (χ0) is 25.9. The number of para-hydroxylation sites is 2. The predicted molar refractivity (Wildman–Crippen MR) is 123 cm³/mol. The van der Waals surface area contributed by atoms with Crippen molar-refractivity contribution < 1.29 is 27.5 Å². The molecule has 1 fully saturated rings. The normalized spacial score (nSPS) is 15.5. The van der Waals surface area contributed by atoms with Gasteiger partial charge in [-0.1, -0.05) is 19.1 Å². The molecule has 3 aromatic rings. The fraction of sp³-hybridized carbons (Fsp3) is 0.375. The van der Waals surface area contributed by atoms with Crippen LogP contribution in [0.5, 0.6) is 5.88 Å². The van der Waals surface area contributed by atoms with E-state index in [-0.39, 0.29) is 23.6 Å². The molecule has 0 spiro atoms. The van der Waals surface area contributed by atoms with E-state index in [1.54, 1.807) is 36.1 Å². The van der Waals surface area contributed by atoms with E-state index in [1.807, 2.05) is 0 Å². The molecule has 0 radical (unpaired) electrons. The number of nitrogens with one attached hydrogen (secondary N) is 2. The van der Waals surface area contributed by atoms with Gasteiger partial charge in [0.2, 0.25) is 11.8 Å². The number of alkyl halides is 3. The van der Waals surface area contributed by atoms with Crippen molar-refractivity contribution in [1.82, 2.24) is 25.2 Å². The molecule has 1 aromatic carbocycles. The van der Waals surface area contributed by atoms with Gasteiger partial charge >= 0.3 is 6.18 Å². The SMILES string of the molecule is CC[C@H](NC(=O)c1nc2ccccc2[nH]c1=O)C(=O)N1CCC(Oc2ccc(C(F)(F)F)cn2)CC1. The Morgan fingerprint density at radius 1 is 1.19 bits per heavy atom. The molecular weight excluding hydrogens is 479 g/mol. The summed E-state index contributed by atoms with van der Waals surface area (Å²) in [6.07, 6.45) is -2.86. The average Bonchev–Trinajstić information content (AvgIpc) is 2.86. The number of aromatic nitrogens is 3. The summed E-state index contributed by atoms with van der Waals surface area (Å²) in [5.74, 6) is -0.956. The van der Waals surface area contributed by atoms with Gasteiger partial charge in [0.1, 0.15) is 12.1 Å². The molecule has 2 N–H and O–H groups in total. The van der Waals surface area contributed by atoms with Crippen molar-refractivity contribution in [2.75, 3.05) is 13.1 Å². The van der Waals surface area contributed by atoms with E-state index in [2.05, 4.69) is 20.3 Å². The van der Waals surface area contributed by atoms with Crippen molar-refractivity contribution in [3.63, 3.8) is 0 Å². The Kier molecular flexibility index (Phi) is 7.22. The second kappa shape index (κ2) is 10.3. The number of likely N-dealkylation sites (tertiary alicyclic amines) is 1. The van der Waals surface area contributed by atoms with Crippen LogP contribution in [0.3, 0.4) is 0 Å². The third-order valence-corrected chi connectivity index (χ3v) is 5.93. The number of amides is 2. The lowest BCUT2D eigenvalue weighted by molar-refractivity contribution is -0.138. The number of hydrogen-bond acceptors (Lipinski definition) is 6. The lowest BCUT2D eigenvalue weighted by Crippen LogP contribution is -2.52. The Bertz CT molecular complexity index is 1300. The van der Waals surface area contributed by atoms with Crippen LogP contribution in [-0.2, 0) is 11.0 Å². The number of carbonyl (C=O) groups excluding carboxylic acids is 2. The summed E-state index contributed by atoms with van der Waals surface area (Å²) in [7, 11) is 0. The number of piperidine rings is 1. The first-order valence-corrected chi connectivity index (χ1v) is 11.4. The molecule has 2 amide bonds. The number of benzene rings is 1. The minimum Gasteiger partial charge on any atom is -0.474 e. The highest BCUT2D eigenvalue weighted by Crippen LogP contribution is 2.29. The summed E-state index contributed by atoms with van der Waals surface area (Å²) in [6.45, 7) is 2.42. The molecular formula is C24H24F3N5O4. The molecule has 9 nitrogen and oxygen atoms in total. The molecule has 3 heterocycles. The van der Waals surface area contributed by atoms with Crippen LogP contribution >= 0.6 is 0 Å². The van der Waals surface area contributed by atoms with Crippen LogP contribution in [0.1, 0.15) is 42.2 Å². The molecule has 4 rings (SSSR count). The van der Waals surface area contributed by atoms with Crippen molar-refractivity contribution in [3.05, 3.63) is 64.2 Å². The van der Waals surface area contributed by atoms with E-state index in [4.69, 9.17) is 4.74 Å². The number of aromatic amines is 1. The van der Waals surface area contributed by atoms with E-state index < -0.39 is 29.2 Å². The number of H-pyrrole nitrogens is 1. The zero-order valence-corrected chi connectivity index (χ0v) is 19.3. The molecule has 190 valence electrons. The van der Waals surface area contributed by atoms with Crippen LogP contribution < -0.4 is 15.6 Å². The molecule has 0 saturated carbocycles. The molecule has 0 bridgehead atoms. The van der Waals surface area contributed by atoms with Crippen molar-refractivity contribution in [3.8, 4) is 5.88 Å². The number of carbonyl (C=O) groups is 2. The van der Waals surface area contributed by atoms with Gasteiger partial charge in [0.15, 0.2) is 5.69 Å². The Morgan fingerprint density at radius 3 is 2.56 bits per heavy atom. The predicted octanol–water partition coefficient (Wildman–Crippen LogP) is 2.92. The van der Waals surface area contributed by atoms with Crippen LogP contribution in [0.4, 0.5) is 13.2 Å². The summed E-state index contributed by atoms with van der Waals surface area (Å²) in [5, 5.41) is 2.61. The summed E-state index contributed by atoms with van der Waals surface area (Å²) < 4.78 is 43.7. The molecule has 12 heteroatoms. The smallest absolute Gasteiger partial charge is 0.417 e. The monoisotopic (exact) mass is 503 g/mol. The van der Waals surface area contributed by atoms with Crippen LogP contribution in [-0.4, -0.2) is 56.9 Å². The molecule has 2 aromatic heterocycles. The highest BCUT2D eigenvalue weighted by molar-refractivity contribution is 5.97. The Labute approximate surface area is 203 Å². The first-order valence-electron chi connectivity index (χ1n) is 11.4. The van der Waals surface area contributed by atoms with Gasteiger partial charge in [-0.15, -0.1) is 0 Å². The lowest BCUT2D eigenvalue weighted by Gasteiger charge is -2.34. The second-order valence-electron chi connectivity index (χ2n) is 8.39. The van der Waals surface area contributed by atoms with E-state index in [1.165, 1.54) is 6.07 Å². The highest BCUT2D eigenvalue weighted by atomic mass is 19.4. The number of hydrogen-bond donors (Lipinski definition) is 2. The Morgan fingerprint density at radius 2 is 1.92 bits per heavy atom. The standard InChI is InChI=1S/C24H24F3N5O4/c1-2-16(30-21(33)20-22(34)31-18-6-4-3-5-17(18)29-20)23(35)32-11-9-15(10-12-32)36-19-8-7-14(13-28-19)24(25,26)27/h3-8,13,15-16H,2,9-12H2,1H3,(H,30,33)(H,31,34)/t16-/m0/s1. The lowest BCUT2D eigenvalue weighted by atomic mass is 10.1. The molecule has 1 aliphatic rings. The van der Waals surface area contributed by atoms with Gasteiger partial charge < -0.3 is 19.9 Å². The van der Waals surface area contributed by atoms with Gasteiger partial charge in [-0.25, -0.2) is 9.97 Å². The Hall–Kier alpha value is -3.96. The zero-order valence-electron chi connectivity index (χ0n) is 19.3. The van der Waals surface area contributed by atoms with Crippen LogP contribution in [0.2, 0.25) is 0 Å². The molecule has 36 heavy (non-hydrogen) atoms. The van der Waals surface area contributed by atoms with Crippen LogP contribution in [0.15, 0.2) is 47.4 Å². The first-order chi connectivity index (χ1) is 17.2. The van der Waals surface area contributed by atoms with Crippen molar-refractivity contribution >= 4 is 22.8 Å². The van der Waals surface area contributed by atoms with Crippen LogP contribution in [0.25, 0.3) is 11.0 Å². The number of pyridine rings is 1. The largest absolute Gasteiger partial charge is 0.474 e. The molecule has 0 unspecified atom stereocenters. The second-order valence-corrected chi connectivity index (χ2v) is 8.39. The quantitative estimate of drug-likeness (QED) is 0.534. The molecule has 1 atom stereocenters. The van der Waals surface area contributed by atoms with Gasteiger partial charge in [-0.05, 0) is 24.6 Å². The highest BCUT2D eigenvalue weighted by Gasteiger charge is 2.32. The average molecular weight is 503 g/mol. The topological polar surface area (TPSA) is 117 Å². The van der Waals surface area contributed by atoms with Gasteiger partial charge in [-0.3, -0.25) is 14.4 Å². The maximum atomic E-state index is 13.0. The van der Waals surface area contributed by atoms with Gasteiger partial charge in [0, 0.05) is 38.2 Å². The minimum atomic E-state index is -4.47. The summed E-state index contributed by atoms with van der Waals surface area (Å²) in [6, 6.07) is 8.03. The number of fused-ring (bicyclic) bond motifs is 1. The van der Waals surface area contributed by atoms with Crippen molar-refractivity contribution in [2.24, 2.45) is 0 Å². The maximum absolute atomic E-state index is 13.0. The molecule has 1 saturated heterocycles. The molecule has 0 aliphatic carbocycles. The summed E-state index contributed by atoms with van der Waals surface area (Å²) in [5.41, 5.74) is -0.881. The number of halogens is 3. The van der Waals surface area contributed by atoms with Gasteiger partial charge in [-0.2, -0.15) is 13.2 Å². The molecule has 1 aliphatic heterocycles. The fourth-order valence-corrected chi connectivity index (χ4v) is 3.95. The van der Waals surface area contributed by atoms with Gasteiger partial charge in [0.05, 0.1) is 16.6 Å². The van der Waals surface area contributed by atoms with Crippen molar-refractivity contribution in [2.45, 2.75) is 44.5 Å². The van der Waals surface area contributed by atoms with Crippen molar-refractivity contribution in [1.29, 1.82) is 0 Å². The number of ether oxygens (including phenoxy) is 1. The third-order valence-electron chi connectivity index (χ3n) is 5.93. The summed E-state index contributed by atoms with van der Waals surface area (Å²) in [4.78, 5) is 50.2. The number of rotatable bonds is 6. The van der Waals surface area contributed by atoms with E-state index in [0.717, 1.165) is 12.3 Å². The maximum Gasteiger partial charge on any atom is 0.417 e. The van der Waals surface area contributed by atoms with E-state index in [9.17, 15) is 27.6 Å². The first kappa shape index (κ1) is 25.1. The fourth-order valence-electron chi connectivity index (χ4n) is 3.95. The van der Waals surface area contributed by atoms with Gasteiger partial charge in [0.25, 0.3) is 11.5 Å². The van der Waals surface area contributed by atoms with Crippen LogP contribution in [0, 0.1) is 0 Å². The van der Waals surface area contributed by atoms with E-state index in [0.29, 0.717) is 43.4 Å². The number of nitrogens with zero attached hydrogens (tertiary/aromatic N) is 3. The summed E-state index contributed by atoms with van der Waals surface area (Å²) >= 11 is 0. The van der Waals surface area contributed by atoms with E-state index >= 15 is 0 Å². The Balaban J connectivity index is 1.34.